The topological polar surface area (TPSA) is 79.8 Å². The van der Waals surface area contributed by atoms with E-state index in [0.717, 1.165) is 10.9 Å². The van der Waals surface area contributed by atoms with Gasteiger partial charge in [0, 0.05) is 65.5 Å². The van der Waals surface area contributed by atoms with Crippen LogP contribution < -0.4 is 4.74 Å². The minimum atomic E-state index is -3.72. The van der Waals surface area contributed by atoms with Gasteiger partial charge in [-0.3, -0.25) is 14.7 Å². The number of fused-ring (bicyclic) bond motifs is 1. The van der Waals surface area contributed by atoms with Gasteiger partial charge in [0.15, 0.2) is 9.84 Å². The van der Waals surface area contributed by atoms with Gasteiger partial charge in [0.2, 0.25) is 0 Å². The van der Waals surface area contributed by atoms with E-state index in [0.29, 0.717) is 65.2 Å². The minimum absolute atomic E-state index is 0.120. The first-order valence-corrected chi connectivity index (χ1v) is 14.8. The molecule has 1 amide bonds. The average molecular weight is 585 g/mol. The molecule has 5 rings (SSSR count). The van der Waals surface area contributed by atoms with Gasteiger partial charge in [-0.2, -0.15) is 0 Å². The summed E-state index contributed by atoms with van der Waals surface area (Å²) in [5, 5.41) is 1.98. The van der Waals surface area contributed by atoms with E-state index in [2.05, 4.69) is 9.88 Å². The number of piperazine rings is 1. The molecule has 2 heterocycles. The molecule has 4 aromatic rings. The Bertz CT molecular complexity index is 1630. The predicted molar refractivity (Wildman–Crippen MR) is 153 cm³/mol. The summed E-state index contributed by atoms with van der Waals surface area (Å²) in [6.45, 7) is 3.23. The summed E-state index contributed by atoms with van der Waals surface area (Å²) in [5.74, 6) is -0.0366. The Kier molecular flexibility index (Phi) is 8.09. The monoisotopic (exact) mass is 583 g/mol. The first-order valence-electron chi connectivity index (χ1n) is 12.4. The fourth-order valence-electron chi connectivity index (χ4n) is 4.79. The Morgan fingerprint density at radius 2 is 1.69 bits per heavy atom. The summed E-state index contributed by atoms with van der Waals surface area (Å²) in [6, 6.07) is 19.1. The summed E-state index contributed by atoms with van der Waals surface area (Å²) in [7, 11) is -2.25. The van der Waals surface area contributed by atoms with E-state index in [1.165, 1.54) is 7.11 Å². The van der Waals surface area contributed by atoms with Crippen LogP contribution in [0.4, 0.5) is 0 Å². The van der Waals surface area contributed by atoms with E-state index in [1.807, 2.05) is 24.3 Å². The number of hydrogen-bond donors (Lipinski definition) is 0. The summed E-state index contributed by atoms with van der Waals surface area (Å²) in [4.78, 5) is 21.8. The van der Waals surface area contributed by atoms with Gasteiger partial charge in [0.1, 0.15) is 5.75 Å². The number of para-hydroxylation sites is 1. The van der Waals surface area contributed by atoms with E-state index in [9.17, 15) is 13.2 Å². The SMILES string of the molecule is COc1cc(C(=O)N2CCN(Cc3ccc(Cl)cc3Cl)CC2)ccc1CS(=O)(=O)c1cccc2cccnc12. The first-order chi connectivity index (χ1) is 18.7. The lowest BCUT2D eigenvalue weighted by Gasteiger charge is -2.35. The maximum atomic E-state index is 13.4. The smallest absolute Gasteiger partial charge is 0.254 e. The van der Waals surface area contributed by atoms with E-state index < -0.39 is 9.84 Å². The Balaban J connectivity index is 1.28. The third-order valence-electron chi connectivity index (χ3n) is 6.88. The van der Waals surface area contributed by atoms with Crippen LogP contribution >= 0.6 is 23.2 Å². The van der Waals surface area contributed by atoms with Crippen LogP contribution in [0.25, 0.3) is 10.9 Å². The van der Waals surface area contributed by atoms with E-state index in [4.69, 9.17) is 27.9 Å². The van der Waals surface area contributed by atoms with Crippen LogP contribution in [0, 0.1) is 0 Å². The molecular weight excluding hydrogens is 557 g/mol. The largest absolute Gasteiger partial charge is 0.496 e. The summed E-state index contributed by atoms with van der Waals surface area (Å²) >= 11 is 12.3. The molecule has 10 heteroatoms. The molecule has 0 unspecified atom stereocenters. The van der Waals surface area contributed by atoms with Crippen LogP contribution in [0.15, 0.2) is 77.8 Å². The number of rotatable bonds is 7. The zero-order valence-electron chi connectivity index (χ0n) is 21.3. The molecule has 39 heavy (non-hydrogen) atoms. The van der Waals surface area contributed by atoms with Crippen molar-refractivity contribution < 1.29 is 17.9 Å². The molecule has 202 valence electrons. The highest BCUT2D eigenvalue weighted by molar-refractivity contribution is 7.90. The Labute approximate surface area is 237 Å². The quantitative estimate of drug-likeness (QED) is 0.286. The number of nitrogens with zero attached hydrogens (tertiary/aromatic N) is 3. The number of carbonyl (C=O) groups is 1. The van der Waals surface area contributed by atoms with Gasteiger partial charge < -0.3 is 9.64 Å². The van der Waals surface area contributed by atoms with Crippen molar-refractivity contribution in [2.24, 2.45) is 0 Å². The molecule has 0 atom stereocenters. The average Bonchev–Trinajstić information content (AvgIpc) is 2.94. The normalized spacial score (nSPS) is 14.5. The van der Waals surface area contributed by atoms with Crippen LogP contribution in [0.1, 0.15) is 21.5 Å². The van der Waals surface area contributed by atoms with Crippen molar-refractivity contribution in [1.82, 2.24) is 14.8 Å². The molecule has 1 fully saturated rings. The fraction of sp³-hybridized carbons (Fsp3) is 0.241. The third-order valence-corrected chi connectivity index (χ3v) is 9.16. The standard InChI is InChI=1S/C29H27Cl2N3O4S/c1-38-26-16-21(29(35)34-14-12-33(13-15-34)18-22-9-10-24(30)17-25(22)31)7-8-23(26)19-39(36,37)27-6-2-4-20-5-3-11-32-28(20)27/h2-11,16-17H,12-15,18-19H2,1H3. The van der Waals surface area contributed by atoms with Crippen LogP contribution in [0.3, 0.4) is 0 Å². The highest BCUT2D eigenvalue weighted by atomic mass is 35.5. The third kappa shape index (κ3) is 6.04. The summed E-state index contributed by atoms with van der Waals surface area (Å²) < 4.78 is 32.2. The maximum absolute atomic E-state index is 13.4. The number of halogens is 2. The zero-order chi connectivity index (χ0) is 27.6. The van der Waals surface area contributed by atoms with E-state index in [1.54, 1.807) is 53.6 Å². The number of aromatic nitrogens is 1. The molecule has 1 aliphatic heterocycles. The number of benzene rings is 3. The molecule has 1 aromatic heterocycles. The first kappa shape index (κ1) is 27.4. The molecule has 0 spiro atoms. The van der Waals surface area contributed by atoms with Gasteiger partial charge in [-0.15, -0.1) is 0 Å². The highest BCUT2D eigenvalue weighted by Gasteiger charge is 2.25. The van der Waals surface area contributed by atoms with Crippen molar-refractivity contribution in [2.45, 2.75) is 17.2 Å². The van der Waals surface area contributed by atoms with Gasteiger partial charge in [-0.05, 0) is 42.0 Å². The molecule has 7 nitrogen and oxygen atoms in total. The molecule has 0 saturated carbocycles. The second kappa shape index (κ2) is 11.5. The second-order valence-corrected chi connectivity index (χ2v) is 12.2. The number of carbonyl (C=O) groups excluding carboxylic acids is 1. The molecule has 3 aromatic carbocycles. The Morgan fingerprint density at radius 3 is 2.44 bits per heavy atom. The molecular formula is C29H27Cl2N3O4S. The van der Waals surface area contributed by atoms with Gasteiger partial charge >= 0.3 is 0 Å². The number of sulfone groups is 1. The molecule has 0 aliphatic carbocycles. The fourth-order valence-corrected chi connectivity index (χ4v) is 6.81. The van der Waals surface area contributed by atoms with Crippen molar-refractivity contribution >= 4 is 49.8 Å². The summed E-state index contributed by atoms with van der Waals surface area (Å²) in [5.41, 5.74) is 2.36. The van der Waals surface area contributed by atoms with Crippen molar-refractivity contribution in [3.8, 4) is 5.75 Å². The second-order valence-electron chi connectivity index (χ2n) is 9.42. The van der Waals surface area contributed by atoms with Gasteiger partial charge in [0.05, 0.1) is 23.3 Å². The zero-order valence-corrected chi connectivity index (χ0v) is 23.6. The van der Waals surface area contributed by atoms with Crippen molar-refractivity contribution in [2.75, 3.05) is 33.3 Å². The van der Waals surface area contributed by atoms with E-state index in [-0.39, 0.29) is 16.6 Å². The molecule has 0 N–H and O–H groups in total. The van der Waals surface area contributed by atoms with Crippen molar-refractivity contribution in [3.05, 3.63) is 99.7 Å². The Hall–Kier alpha value is -3.17. The summed E-state index contributed by atoms with van der Waals surface area (Å²) in [6.07, 6.45) is 1.58. The lowest BCUT2D eigenvalue weighted by Crippen LogP contribution is -2.48. The van der Waals surface area contributed by atoms with Crippen molar-refractivity contribution in [1.29, 1.82) is 0 Å². The number of ether oxygens (including phenoxy) is 1. The van der Waals surface area contributed by atoms with E-state index >= 15 is 0 Å². The van der Waals surface area contributed by atoms with Crippen LogP contribution in [0.2, 0.25) is 10.0 Å². The molecule has 0 radical (unpaired) electrons. The van der Waals surface area contributed by atoms with Gasteiger partial charge in [-0.25, -0.2) is 8.42 Å². The lowest BCUT2D eigenvalue weighted by molar-refractivity contribution is 0.0628. The van der Waals surface area contributed by atoms with Crippen molar-refractivity contribution in [3.63, 3.8) is 0 Å². The number of pyridine rings is 1. The maximum Gasteiger partial charge on any atom is 0.254 e. The van der Waals surface area contributed by atoms with Gasteiger partial charge in [-0.1, -0.05) is 53.5 Å². The predicted octanol–water partition coefficient (Wildman–Crippen LogP) is 5.48. The van der Waals surface area contributed by atoms with Gasteiger partial charge in [0.25, 0.3) is 5.91 Å². The lowest BCUT2D eigenvalue weighted by atomic mass is 10.1. The molecule has 0 bridgehead atoms. The number of amides is 1. The number of hydrogen-bond acceptors (Lipinski definition) is 6. The highest BCUT2D eigenvalue weighted by Crippen LogP contribution is 2.29. The minimum Gasteiger partial charge on any atom is -0.496 e. The number of methoxy groups -OCH3 is 1. The molecule has 1 saturated heterocycles. The Morgan fingerprint density at radius 1 is 0.949 bits per heavy atom. The van der Waals surface area contributed by atoms with Crippen LogP contribution in [-0.2, 0) is 22.1 Å². The van der Waals surface area contributed by atoms with Crippen LogP contribution in [-0.4, -0.2) is 62.4 Å². The molecule has 1 aliphatic rings. The van der Waals surface area contributed by atoms with Crippen LogP contribution in [0.5, 0.6) is 5.75 Å².